The van der Waals surface area contributed by atoms with Crippen LogP contribution >= 0.6 is 0 Å². The molecule has 0 fully saturated rings. The molecule has 0 saturated heterocycles. The lowest BCUT2D eigenvalue weighted by atomic mass is 10.2. The largest absolute Gasteiger partial charge is 0.481 e. The summed E-state index contributed by atoms with van der Waals surface area (Å²) in [6.07, 6.45) is 1.24. The van der Waals surface area contributed by atoms with Crippen LogP contribution in [-0.2, 0) is 16.6 Å². The number of amides is 1. The number of aryl methyl sites for hydroxylation is 1. The van der Waals surface area contributed by atoms with Crippen LogP contribution in [0.1, 0.15) is 6.42 Å². The zero-order valence-electron chi connectivity index (χ0n) is 9.30. The van der Waals surface area contributed by atoms with Crippen LogP contribution in [0.15, 0.2) is 30.5 Å². The molecule has 1 aromatic carbocycles. The van der Waals surface area contributed by atoms with Gasteiger partial charge in [0.15, 0.2) is 0 Å². The molecule has 0 aliphatic carbocycles. The van der Waals surface area contributed by atoms with Gasteiger partial charge in [0.2, 0.25) is 5.91 Å². The molecule has 1 heterocycles. The van der Waals surface area contributed by atoms with Crippen LogP contribution < -0.4 is 5.32 Å². The Morgan fingerprint density at radius 3 is 2.76 bits per heavy atom. The van der Waals surface area contributed by atoms with Gasteiger partial charge < -0.3 is 15.0 Å². The fourth-order valence-corrected chi connectivity index (χ4v) is 1.77. The molecule has 88 valence electrons. The van der Waals surface area contributed by atoms with Crippen LogP contribution in [0.4, 0.5) is 5.69 Å². The van der Waals surface area contributed by atoms with E-state index in [1.54, 1.807) is 6.20 Å². The quantitative estimate of drug-likeness (QED) is 0.789. The Morgan fingerprint density at radius 1 is 1.35 bits per heavy atom. The van der Waals surface area contributed by atoms with Gasteiger partial charge in [0.05, 0.1) is 5.69 Å². The SMILES string of the molecule is Cn1cc(NC(=O)CC(=O)O)c2ccccc21. The van der Waals surface area contributed by atoms with Crippen LogP contribution in [0.3, 0.4) is 0 Å². The maximum absolute atomic E-state index is 11.4. The maximum Gasteiger partial charge on any atom is 0.312 e. The molecular weight excluding hydrogens is 220 g/mol. The molecule has 2 N–H and O–H groups in total. The minimum atomic E-state index is -1.14. The third-order valence-electron chi connectivity index (χ3n) is 2.48. The highest BCUT2D eigenvalue weighted by molar-refractivity contribution is 6.06. The molecule has 0 spiro atoms. The first-order chi connectivity index (χ1) is 8.08. The van der Waals surface area contributed by atoms with E-state index in [1.807, 2.05) is 35.9 Å². The molecule has 5 nitrogen and oxygen atoms in total. The van der Waals surface area contributed by atoms with Crippen molar-refractivity contribution in [2.24, 2.45) is 7.05 Å². The fraction of sp³-hybridized carbons (Fsp3) is 0.167. The summed E-state index contributed by atoms with van der Waals surface area (Å²) in [7, 11) is 1.87. The Balaban J connectivity index is 2.30. The van der Waals surface area contributed by atoms with E-state index < -0.39 is 18.3 Å². The molecule has 0 bridgehead atoms. The molecule has 0 radical (unpaired) electrons. The van der Waals surface area contributed by atoms with E-state index >= 15 is 0 Å². The summed E-state index contributed by atoms with van der Waals surface area (Å²) in [5.74, 6) is -1.66. The van der Waals surface area contributed by atoms with Crippen molar-refractivity contribution in [1.29, 1.82) is 0 Å². The van der Waals surface area contributed by atoms with Gasteiger partial charge in [-0.3, -0.25) is 9.59 Å². The maximum atomic E-state index is 11.4. The van der Waals surface area contributed by atoms with Crippen molar-refractivity contribution in [2.75, 3.05) is 5.32 Å². The van der Waals surface area contributed by atoms with E-state index in [4.69, 9.17) is 5.11 Å². The zero-order chi connectivity index (χ0) is 12.4. The summed E-state index contributed by atoms with van der Waals surface area (Å²) in [5.41, 5.74) is 1.62. The van der Waals surface area contributed by atoms with Gasteiger partial charge in [0.25, 0.3) is 0 Å². The van der Waals surface area contributed by atoms with E-state index in [9.17, 15) is 9.59 Å². The number of rotatable bonds is 3. The number of carboxylic acids is 1. The second-order valence-corrected chi connectivity index (χ2v) is 3.79. The first-order valence-electron chi connectivity index (χ1n) is 5.13. The minimum absolute atomic E-state index is 0.520. The number of hydrogen-bond acceptors (Lipinski definition) is 2. The standard InChI is InChI=1S/C12H12N2O3/c1-14-7-9(13-11(15)6-12(16)17)8-4-2-3-5-10(8)14/h2-5,7H,6H2,1H3,(H,13,15)(H,16,17). The second-order valence-electron chi connectivity index (χ2n) is 3.79. The lowest BCUT2D eigenvalue weighted by molar-refractivity contribution is -0.139. The van der Waals surface area contributed by atoms with Crippen molar-refractivity contribution in [1.82, 2.24) is 4.57 Å². The van der Waals surface area contributed by atoms with E-state index in [0.717, 1.165) is 10.9 Å². The van der Waals surface area contributed by atoms with Gasteiger partial charge >= 0.3 is 5.97 Å². The van der Waals surface area contributed by atoms with Crippen molar-refractivity contribution in [3.05, 3.63) is 30.5 Å². The monoisotopic (exact) mass is 232 g/mol. The van der Waals surface area contributed by atoms with Crippen molar-refractivity contribution < 1.29 is 14.7 Å². The normalized spacial score (nSPS) is 10.4. The average molecular weight is 232 g/mol. The number of carbonyl (C=O) groups is 2. The number of aliphatic carboxylic acids is 1. The lowest BCUT2D eigenvalue weighted by Gasteiger charge is -2.00. The second kappa shape index (κ2) is 4.29. The Bertz CT molecular complexity index is 586. The topological polar surface area (TPSA) is 71.3 Å². The highest BCUT2D eigenvalue weighted by Crippen LogP contribution is 2.24. The predicted molar refractivity (Wildman–Crippen MR) is 63.8 cm³/mol. The number of fused-ring (bicyclic) bond motifs is 1. The predicted octanol–water partition coefficient (Wildman–Crippen LogP) is 1.59. The molecular formula is C12H12N2O3. The van der Waals surface area contributed by atoms with Crippen LogP contribution in [0.25, 0.3) is 10.9 Å². The van der Waals surface area contributed by atoms with E-state index in [0.29, 0.717) is 5.69 Å². The molecule has 2 aromatic rings. The molecule has 2 rings (SSSR count). The molecule has 0 saturated carbocycles. The third-order valence-corrected chi connectivity index (χ3v) is 2.48. The first kappa shape index (κ1) is 11.2. The van der Waals surface area contributed by atoms with Gasteiger partial charge in [0, 0.05) is 24.1 Å². The highest BCUT2D eigenvalue weighted by atomic mass is 16.4. The molecule has 1 amide bonds. The van der Waals surface area contributed by atoms with Crippen molar-refractivity contribution in [2.45, 2.75) is 6.42 Å². The number of nitrogens with one attached hydrogen (secondary N) is 1. The number of aromatic nitrogens is 1. The van der Waals surface area contributed by atoms with E-state index in [1.165, 1.54) is 0 Å². The van der Waals surface area contributed by atoms with Gasteiger partial charge in [-0.2, -0.15) is 0 Å². The molecule has 0 unspecified atom stereocenters. The molecule has 17 heavy (non-hydrogen) atoms. The molecule has 0 atom stereocenters. The van der Waals surface area contributed by atoms with Gasteiger partial charge in [-0.15, -0.1) is 0 Å². The van der Waals surface area contributed by atoms with Gasteiger partial charge in [0.1, 0.15) is 6.42 Å². The smallest absolute Gasteiger partial charge is 0.312 e. The third kappa shape index (κ3) is 2.28. The van der Waals surface area contributed by atoms with Gasteiger partial charge in [-0.05, 0) is 6.07 Å². The number of para-hydroxylation sites is 1. The Morgan fingerprint density at radius 2 is 2.06 bits per heavy atom. The Labute approximate surface area is 97.7 Å². The minimum Gasteiger partial charge on any atom is -0.481 e. The van der Waals surface area contributed by atoms with E-state index in [2.05, 4.69) is 5.32 Å². The molecule has 1 aromatic heterocycles. The summed E-state index contributed by atoms with van der Waals surface area (Å²) in [6, 6.07) is 7.59. The van der Waals surface area contributed by atoms with Crippen LogP contribution in [0, 0.1) is 0 Å². The van der Waals surface area contributed by atoms with Crippen molar-refractivity contribution in [3.8, 4) is 0 Å². The Hall–Kier alpha value is -2.30. The number of nitrogens with zero attached hydrogens (tertiary/aromatic N) is 1. The number of anilines is 1. The van der Waals surface area contributed by atoms with Crippen molar-refractivity contribution >= 4 is 28.5 Å². The van der Waals surface area contributed by atoms with Crippen molar-refractivity contribution in [3.63, 3.8) is 0 Å². The van der Waals surface area contributed by atoms with Crippen LogP contribution in [0.2, 0.25) is 0 Å². The van der Waals surface area contributed by atoms with Crippen LogP contribution in [-0.4, -0.2) is 21.6 Å². The lowest BCUT2D eigenvalue weighted by Crippen LogP contribution is -2.15. The number of carbonyl (C=O) groups excluding carboxylic acids is 1. The molecule has 0 aliphatic heterocycles. The molecule has 5 heteroatoms. The summed E-state index contributed by atoms with van der Waals surface area (Å²) in [6.45, 7) is 0. The van der Waals surface area contributed by atoms with E-state index in [-0.39, 0.29) is 0 Å². The molecule has 0 aliphatic rings. The summed E-state index contributed by atoms with van der Waals surface area (Å²) in [5, 5.41) is 12.0. The van der Waals surface area contributed by atoms with Gasteiger partial charge in [-0.25, -0.2) is 0 Å². The fourth-order valence-electron chi connectivity index (χ4n) is 1.77. The first-order valence-corrected chi connectivity index (χ1v) is 5.13. The summed E-state index contributed by atoms with van der Waals surface area (Å²) in [4.78, 5) is 21.8. The number of hydrogen-bond donors (Lipinski definition) is 2. The summed E-state index contributed by atoms with van der Waals surface area (Å²) >= 11 is 0. The highest BCUT2D eigenvalue weighted by Gasteiger charge is 2.11. The van der Waals surface area contributed by atoms with Crippen LogP contribution in [0.5, 0.6) is 0 Å². The number of carboxylic acid groups (broad SMARTS) is 1. The summed E-state index contributed by atoms with van der Waals surface area (Å²) < 4.78 is 1.88. The number of benzene rings is 1. The average Bonchev–Trinajstić information content (AvgIpc) is 2.55. The zero-order valence-corrected chi connectivity index (χ0v) is 9.30. The van der Waals surface area contributed by atoms with Gasteiger partial charge in [-0.1, -0.05) is 18.2 Å². The Kier molecular flexibility index (Phi) is 2.82.